The van der Waals surface area contributed by atoms with Crippen molar-refractivity contribution in [3.63, 3.8) is 0 Å². The van der Waals surface area contributed by atoms with E-state index in [1.54, 1.807) is 34.6 Å². The summed E-state index contributed by atoms with van der Waals surface area (Å²) >= 11 is 0. The fourth-order valence-electron chi connectivity index (χ4n) is 3.98. The zero-order valence-corrected chi connectivity index (χ0v) is 16.3. The van der Waals surface area contributed by atoms with E-state index < -0.39 is 11.9 Å². The quantitative estimate of drug-likeness (QED) is 0.596. The van der Waals surface area contributed by atoms with E-state index in [1.165, 1.54) is 18.2 Å². The summed E-state index contributed by atoms with van der Waals surface area (Å²) in [4.78, 5) is 26.9. The largest absolute Gasteiger partial charge is 0.491 e. The van der Waals surface area contributed by atoms with E-state index in [9.17, 15) is 14.0 Å². The van der Waals surface area contributed by atoms with Crippen molar-refractivity contribution in [2.75, 3.05) is 19.8 Å². The number of benzene rings is 2. The molecule has 1 unspecified atom stereocenters. The normalized spacial score (nSPS) is 19.4. The molecule has 0 saturated carbocycles. The number of ether oxygens (including phenoxy) is 2. The van der Waals surface area contributed by atoms with E-state index in [-0.39, 0.29) is 36.4 Å². The Hall–Kier alpha value is -2.97. The van der Waals surface area contributed by atoms with E-state index in [0.717, 1.165) is 5.56 Å². The molecule has 0 radical (unpaired) electrons. The van der Waals surface area contributed by atoms with E-state index in [4.69, 9.17) is 14.7 Å². The number of carbonyl (C=O) groups is 2. The van der Waals surface area contributed by atoms with Gasteiger partial charge >= 0.3 is 0 Å². The summed E-state index contributed by atoms with van der Waals surface area (Å²) in [5.74, 6) is -0.742. The topological polar surface area (TPSA) is 88.1 Å². The van der Waals surface area contributed by atoms with Crippen LogP contribution in [0.5, 0.6) is 5.75 Å². The molecule has 2 amide bonds. The lowest BCUT2D eigenvalue weighted by Crippen LogP contribution is -2.41. The number of nitrogens with one attached hydrogen (secondary N) is 1. The number of amides is 2. The maximum absolute atomic E-state index is 13.9. The number of hydroxylamine groups is 1. The molecule has 1 fully saturated rings. The van der Waals surface area contributed by atoms with Crippen LogP contribution < -0.4 is 10.2 Å². The lowest BCUT2D eigenvalue weighted by molar-refractivity contribution is -0.142. The number of hydrogen-bond acceptors (Lipinski definition) is 5. The van der Waals surface area contributed by atoms with Gasteiger partial charge in [-0.15, -0.1) is 0 Å². The van der Waals surface area contributed by atoms with Crippen LogP contribution in [-0.4, -0.2) is 41.7 Å². The fraction of sp³-hybridized carbons (Fsp3) is 0.364. The standard InChI is InChI=1S/C22H23FN2O5/c23-18-3-1-2-15(10-18)19-13-30-20-11-16(21(26)24-28)4-5-17(20)12-25(19)22(27)14-6-8-29-9-7-14/h1-5,10-11,14,19,28H,6-9,12-13H2,(H,24,26). The number of rotatable bonds is 3. The number of carbonyl (C=O) groups excluding carboxylic acids is 2. The van der Waals surface area contributed by atoms with E-state index >= 15 is 0 Å². The molecule has 1 saturated heterocycles. The maximum atomic E-state index is 13.9. The van der Waals surface area contributed by atoms with Gasteiger partial charge in [0.2, 0.25) is 5.91 Å². The molecule has 0 aliphatic carbocycles. The summed E-state index contributed by atoms with van der Waals surface area (Å²) in [7, 11) is 0. The van der Waals surface area contributed by atoms with Gasteiger partial charge in [-0.25, -0.2) is 9.87 Å². The van der Waals surface area contributed by atoms with Crippen molar-refractivity contribution in [3.8, 4) is 5.75 Å². The van der Waals surface area contributed by atoms with Gasteiger partial charge < -0.3 is 14.4 Å². The molecule has 158 valence electrons. The molecular formula is C22H23FN2O5. The second kappa shape index (κ2) is 8.81. The fourth-order valence-corrected chi connectivity index (χ4v) is 3.98. The molecule has 2 aromatic rings. The number of fused-ring (bicyclic) bond motifs is 1. The first-order chi connectivity index (χ1) is 14.6. The average molecular weight is 414 g/mol. The number of halogens is 1. The average Bonchev–Trinajstić information content (AvgIpc) is 2.98. The Balaban J connectivity index is 1.69. The van der Waals surface area contributed by atoms with Crippen molar-refractivity contribution in [2.45, 2.75) is 25.4 Å². The maximum Gasteiger partial charge on any atom is 0.274 e. The number of nitrogens with zero attached hydrogens (tertiary/aromatic N) is 1. The predicted molar refractivity (Wildman–Crippen MR) is 104 cm³/mol. The minimum atomic E-state index is -0.650. The molecule has 2 heterocycles. The molecule has 2 aliphatic heterocycles. The highest BCUT2D eigenvalue weighted by Crippen LogP contribution is 2.34. The van der Waals surface area contributed by atoms with Gasteiger partial charge in [0.25, 0.3) is 5.91 Å². The van der Waals surface area contributed by atoms with Gasteiger partial charge in [0.05, 0.1) is 12.6 Å². The summed E-state index contributed by atoms with van der Waals surface area (Å²) < 4.78 is 25.3. The summed E-state index contributed by atoms with van der Waals surface area (Å²) in [6.07, 6.45) is 1.29. The highest BCUT2D eigenvalue weighted by atomic mass is 19.1. The van der Waals surface area contributed by atoms with E-state index in [1.807, 2.05) is 0 Å². The van der Waals surface area contributed by atoms with Crippen LogP contribution in [0.4, 0.5) is 4.39 Å². The van der Waals surface area contributed by atoms with Gasteiger partial charge in [0.1, 0.15) is 18.2 Å². The molecule has 0 spiro atoms. The van der Waals surface area contributed by atoms with Crippen LogP contribution >= 0.6 is 0 Å². The molecule has 1 atom stereocenters. The van der Waals surface area contributed by atoms with E-state index in [2.05, 4.69) is 0 Å². The second-order valence-corrected chi connectivity index (χ2v) is 7.50. The first-order valence-corrected chi connectivity index (χ1v) is 9.90. The van der Waals surface area contributed by atoms with Crippen LogP contribution in [0, 0.1) is 11.7 Å². The molecular weight excluding hydrogens is 391 g/mol. The third-order valence-electron chi connectivity index (χ3n) is 5.63. The predicted octanol–water partition coefficient (Wildman–Crippen LogP) is 2.83. The van der Waals surface area contributed by atoms with Gasteiger partial charge in [-0.3, -0.25) is 14.8 Å². The van der Waals surface area contributed by atoms with Gasteiger partial charge in [-0.2, -0.15) is 0 Å². The summed E-state index contributed by atoms with van der Waals surface area (Å²) in [5.41, 5.74) is 3.23. The highest BCUT2D eigenvalue weighted by molar-refractivity contribution is 5.93. The third-order valence-corrected chi connectivity index (χ3v) is 5.63. The molecule has 0 aromatic heterocycles. The Labute approximate surface area is 173 Å². The molecule has 7 nitrogen and oxygen atoms in total. The van der Waals surface area contributed by atoms with Crippen molar-refractivity contribution in [3.05, 3.63) is 65.0 Å². The third kappa shape index (κ3) is 4.15. The Kier molecular flexibility index (Phi) is 5.96. The first-order valence-electron chi connectivity index (χ1n) is 9.90. The van der Waals surface area contributed by atoms with Crippen LogP contribution in [0.15, 0.2) is 42.5 Å². The molecule has 4 rings (SSSR count). The molecule has 8 heteroatoms. The Bertz CT molecular complexity index is 945. The molecule has 2 aliphatic rings. The Morgan fingerprint density at radius 1 is 1.13 bits per heavy atom. The van der Waals surface area contributed by atoms with Crippen LogP contribution in [0.2, 0.25) is 0 Å². The van der Waals surface area contributed by atoms with Gasteiger partial charge in [0.15, 0.2) is 0 Å². The van der Waals surface area contributed by atoms with Crippen LogP contribution in [0.25, 0.3) is 0 Å². The Morgan fingerprint density at radius 2 is 1.93 bits per heavy atom. The van der Waals surface area contributed by atoms with Crippen molar-refractivity contribution >= 4 is 11.8 Å². The smallest absolute Gasteiger partial charge is 0.274 e. The summed E-state index contributed by atoms with van der Waals surface area (Å²) in [5, 5.41) is 8.88. The molecule has 0 bridgehead atoms. The summed E-state index contributed by atoms with van der Waals surface area (Å²) in [6, 6.07) is 10.5. The second-order valence-electron chi connectivity index (χ2n) is 7.50. The van der Waals surface area contributed by atoms with Crippen LogP contribution in [0.3, 0.4) is 0 Å². The minimum absolute atomic E-state index is 0.0128. The van der Waals surface area contributed by atoms with Crippen molar-refractivity contribution in [2.24, 2.45) is 5.92 Å². The van der Waals surface area contributed by atoms with Crippen LogP contribution in [0.1, 0.15) is 40.4 Å². The Morgan fingerprint density at radius 3 is 2.67 bits per heavy atom. The monoisotopic (exact) mass is 414 g/mol. The van der Waals surface area contributed by atoms with Crippen molar-refractivity contribution in [1.29, 1.82) is 0 Å². The zero-order chi connectivity index (χ0) is 21.1. The first kappa shape index (κ1) is 20.3. The summed E-state index contributed by atoms with van der Waals surface area (Å²) in [6.45, 7) is 1.48. The molecule has 30 heavy (non-hydrogen) atoms. The zero-order valence-electron chi connectivity index (χ0n) is 16.3. The van der Waals surface area contributed by atoms with Gasteiger partial charge in [-0.05, 0) is 42.7 Å². The van der Waals surface area contributed by atoms with Gasteiger partial charge in [0, 0.05) is 30.3 Å². The SMILES string of the molecule is O=C(NO)c1ccc2c(c1)OCC(c1cccc(F)c1)N(C(=O)C1CCOCC1)C2. The molecule has 2 aromatic carbocycles. The molecule has 2 N–H and O–H groups in total. The lowest BCUT2D eigenvalue weighted by Gasteiger charge is -2.34. The van der Waals surface area contributed by atoms with Crippen molar-refractivity contribution in [1.82, 2.24) is 10.4 Å². The lowest BCUT2D eigenvalue weighted by atomic mass is 9.96. The van der Waals surface area contributed by atoms with E-state index in [0.29, 0.717) is 37.4 Å². The van der Waals surface area contributed by atoms with Gasteiger partial charge in [-0.1, -0.05) is 18.2 Å². The minimum Gasteiger partial charge on any atom is -0.491 e. The number of hydrogen-bond donors (Lipinski definition) is 2. The highest BCUT2D eigenvalue weighted by Gasteiger charge is 2.34. The van der Waals surface area contributed by atoms with Crippen molar-refractivity contribution < 1.29 is 28.7 Å². The van der Waals surface area contributed by atoms with Crippen LogP contribution in [-0.2, 0) is 16.1 Å².